The van der Waals surface area contributed by atoms with Crippen LogP contribution in [0.1, 0.15) is 37.3 Å². The molecule has 4 rings (SSSR count). The van der Waals surface area contributed by atoms with Crippen LogP contribution in [0.3, 0.4) is 0 Å². The van der Waals surface area contributed by atoms with Crippen LogP contribution in [0, 0.1) is 0 Å². The summed E-state index contributed by atoms with van der Waals surface area (Å²) in [5.41, 5.74) is 2.42. The number of carbonyl (C=O) groups is 2. The molecule has 28 heavy (non-hydrogen) atoms. The Hall–Kier alpha value is -2.45. The van der Waals surface area contributed by atoms with Crippen molar-refractivity contribution < 1.29 is 14.3 Å². The zero-order chi connectivity index (χ0) is 19.7. The number of hydrogen-bond donors (Lipinski definition) is 2. The van der Waals surface area contributed by atoms with Crippen LogP contribution < -0.4 is 16.3 Å². The van der Waals surface area contributed by atoms with Crippen LogP contribution in [-0.2, 0) is 27.8 Å². The summed E-state index contributed by atoms with van der Waals surface area (Å²) >= 11 is 0. The van der Waals surface area contributed by atoms with E-state index in [9.17, 15) is 14.4 Å². The molecule has 1 aromatic carbocycles. The van der Waals surface area contributed by atoms with Crippen molar-refractivity contribution in [2.45, 2.75) is 44.2 Å². The predicted molar refractivity (Wildman–Crippen MR) is 104 cm³/mol. The number of hydrogen-bond acceptors (Lipinski definition) is 5. The second kappa shape index (κ2) is 7.89. The van der Waals surface area contributed by atoms with E-state index in [1.165, 1.54) is 4.57 Å². The third-order valence-electron chi connectivity index (χ3n) is 5.67. The zero-order valence-electron chi connectivity index (χ0n) is 16.1. The molecule has 0 bridgehead atoms. The van der Waals surface area contributed by atoms with Crippen molar-refractivity contribution in [3.63, 3.8) is 0 Å². The summed E-state index contributed by atoms with van der Waals surface area (Å²) < 4.78 is 9.03. The fourth-order valence-electron chi connectivity index (χ4n) is 4.23. The third kappa shape index (κ3) is 3.49. The summed E-state index contributed by atoms with van der Waals surface area (Å²) in [6.07, 6.45) is 3.61. The Morgan fingerprint density at radius 1 is 1.21 bits per heavy atom. The van der Waals surface area contributed by atoms with Crippen molar-refractivity contribution in [3.8, 4) is 0 Å². The number of fused-ring (bicyclic) bond motifs is 1. The quantitative estimate of drug-likeness (QED) is 0.561. The molecule has 2 atom stereocenters. The lowest BCUT2D eigenvalue weighted by Gasteiger charge is -2.22. The van der Waals surface area contributed by atoms with Gasteiger partial charge in [-0.25, -0.2) is 4.79 Å². The van der Waals surface area contributed by atoms with Gasteiger partial charge in [-0.15, -0.1) is 0 Å². The summed E-state index contributed by atoms with van der Waals surface area (Å²) in [4.78, 5) is 36.7. The Kier molecular flexibility index (Phi) is 5.32. The summed E-state index contributed by atoms with van der Waals surface area (Å²) in [6, 6.07) is 5.15. The molecule has 2 saturated heterocycles. The molecule has 2 aliphatic rings. The molecule has 0 spiro atoms. The van der Waals surface area contributed by atoms with Crippen molar-refractivity contribution >= 4 is 22.8 Å². The van der Waals surface area contributed by atoms with Crippen molar-refractivity contribution in [1.29, 1.82) is 0 Å². The van der Waals surface area contributed by atoms with Gasteiger partial charge in [0, 0.05) is 26.6 Å². The summed E-state index contributed by atoms with van der Waals surface area (Å²) in [5, 5.41) is 5.63. The molecule has 2 aliphatic heterocycles. The predicted octanol–water partition coefficient (Wildman–Crippen LogP) is 0.629. The van der Waals surface area contributed by atoms with Crippen molar-refractivity contribution in [2.75, 3.05) is 19.7 Å². The van der Waals surface area contributed by atoms with Gasteiger partial charge in [-0.05, 0) is 43.9 Å². The van der Waals surface area contributed by atoms with Gasteiger partial charge < -0.3 is 10.1 Å². The van der Waals surface area contributed by atoms with Gasteiger partial charge in [0.2, 0.25) is 11.8 Å². The molecule has 0 saturated carbocycles. The van der Waals surface area contributed by atoms with Gasteiger partial charge in [0.15, 0.2) is 0 Å². The second-order valence-electron chi connectivity index (χ2n) is 7.55. The minimum Gasteiger partial charge on any atom is -0.377 e. The van der Waals surface area contributed by atoms with Gasteiger partial charge in [0.1, 0.15) is 6.04 Å². The molecule has 0 radical (unpaired) electrons. The topological polar surface area (TPSA) is 94.4 Å². The van der Waals surface area contributed by atoms with E-state index in [1.54, 1.807) is 11.6 Å². The Bertz CT molecular complexity index is 955. The molecule has 1 unspecified atom stereocenters. The maximum Gasteiger partial charge on any atom is 0.329 e. The number of para-hydroxylation sites is 1. The molecular weight excluding hydrogens is 360 g/mol. The molecule has 1 aromatic heterocycles. The molecule has 8 heteroatoms. The van der Waals surface area contributed by atoms with E-state index in [-0.39, 0.29) is 18.0 Å². The number of imide groups is 1. The minimum atomic E-state index is -0.651. The number of aromatic nitrogens is 2. The van der Waals surface area contributed by atoms with E-state index < -0.39 is 11.9 Å². The molecule has 3 heterocycles. The Balaban J connectivity index is 1.57. The van der Waals surface area contributed by atoms with E-state index in [2.05, 4.69) is 10.6 Å². The standard InChI is InChI=1S/C20H26N4O4/c1-23-18-13(5-3-11-28-14-9-10-21-12-14)4-2-6-15(18)24(20(23)27)16-7-8-17(25)22-19(16)26/h2,4,6,14,16,21H,3,5,7-12H2,1H3,(H,22,25,26)/t14-,16?/m1/s1. The average molecular weight is 386 g/mol. The van der Waals surface area contributed by atoms with Crippen LogP contribution in [0.4, 0.5) is 0 Å². The van der Waals surface area contributed by atoms with Crippen LogP contribution in [0.2, 0.25) is 0 Å². The highest BCUT2D eigenvalue weighted by Gasteiger charge is 2.31. The molecule has 150 valence electrons. The molecule has 2 aromatic rings. The van der Waals surface area contributed by atoms with Crippen LogP contribution in [0.25, 0.3) is 11.0 Å². The van der Waals surface area contributed by atoms with Crippen molar-refractivity contribution in [3.05, 3.63) is 34.2 Å². The SMILES string of the molecule is Cn1c(=O)n(C2CCC(=O)NC2=O)c2cccc(CCCO[C@@H]3CCNC3)c21. The smallest absolute Gasteiger partial charge is 0.329 e. The maximum absolute atomic E-state index is 12.9. The van der Waals surface area contributed by atoms with Gasteiger partial charge in [0.25, 0.3) is 0 Å². The molecule has 2 N–H and O–H groups in total. The number of nitrogens with one attached hydrogen (secondary N) is 2. The summed E-state index contributed by atoms with van der Waals surface area (Å²) in [6.45, 7) is 2.61. The molecule has 2 fully saturated rings. The Labute approximate surface area is 162 Å². The summed E-state index contributed by atoms with van der Waals surface area (Å²) in [5.74, 6) is -0.692. The maximum atomic E-state index is 12.9. The van der Waals surface area contributed by atoms with E-state index in [0.717, 1.165) is 48.9 Å². The van der Waals surface area contributed by atoms with E-state index in [4.69, 9.17) is 4.74 Å². The van der Waals surface area contributed by atoms with Crippen LogP contribution in [0.5, 0.6) is 0 Å². The first kappa shape index (κ1) is 18.9. The number of aryl methyl sites for hydroxylation is 2. The number of carbonyl (C=O) groups excluding carboxylic acids is 2. The summed E-state index contributed by atoms with van der Waals surface area (Å²) in [7, 11) is 1.73. The number of amides is 2. The molecule has 0 aliphatic carbocycles. The van der Waals surface area contributed by atoms with Crippen molar-refractivity contribution in [1.82, 2.24) is 19.8 Å². The van der Waals surface area contributed by atoms with E-state index >= 15 is 0 Å². The molecule has 2 amide bonds. The monoisotopic (exact) mass is 386 g/mol. The largest absolute Gasteiger partial charge is 0.377 e. The Morgan fingerprint density at radius 2 is 2.07 bits per heavy atom. The van der Waals surface area contributed by atoms with Gasteiger partial charge >= 0.3 is 5.69 Å². The third-order valence-corrected chi connectivity index (χ3v) is 5.67. The lowest BCUT2D eigenvalue weighted by molar-refractivity contribution is -0.135. The van der Waals surface area contributed by atoms with Crippen LogP contribution in [-0.4, -0.2) is 46.7 Å². The lowest BCUT2D eigenvalue weighted by atomic mass is 10.0. The number of imidazole rings is 1. The fraction of sp³-hybridized carbons (Fsp3) is 0.550. The van der Waals surface area contributed by atoms with Gasteiger partial charge in [-0.3, -0.25) is 24.0 Å². The number of ether oxygens (including phenoxy) is 1. The number of rotatable bonds is 6. The number of piperidine rings is 1. The normalized spacial score (nSPS) is 22.8. The van der Waals surface area contributed by atoms with Gasteiger partial charge in [-0.2, -0.15) is 0 Å². The minimum absolute atomic E-state index is 0.231. The number of benzene rings is 1. The van der Waals surface area contributed by atoms with Crippen LogP contribution in [0.15, 0.2) is 23.0 Å². The highest BCUT2D eigenvalue weighted by atomic mass is 16.5. The molecule has 8 nitrogen and oxygen atoms in total. The fourth-order valence-corrected chi connectivity index (χ4v) is 4.23. The number of nitrogens with zero attached hydrogens (tertiary/aromatic N) is 2. The van der Waals surface area contributed by atoms with Crippen molar-refractivity contribution in [2.24, 2.45) is 7.05 Å². The van der Waals surface area contributed by atoms with E-state index in [0.29, 0.717) is 19.1 Å². The lowest BCUT2D eigenvalue weighted by Crippen LogP contribution is -2.44. The first-order valence-electron chi connectivity index (χ1n) is 9.91. The second-order valence-corrected chi connectivity index (χ2v) is 7.55. The van der Waals surface area contributed by atoms with Gasteiger partial charge in [0.05, 0.1) is 17.1 Å². The molecular formula is C20H26N4O4. The highest BCUT2D eigenvalue weighted by molar-refractivity contribution is 6.00. The zero-order valence-corrected chi connectivity index (χ0v) is 16.1. The van der Waals surface area contributed by atoms with E-state index in [1.807, 2.05) is 18.2 Å². The van der Waals surface area contributed by atoms with Gasteiger partial charge in [-0.1, -0.05) is 12.1 Å². The average Bonchev–Trinajstić information content (AvgIpc) is 3.28. The Morgan fingerprint density at radius 3 is 2.82 bits per heavy atom. The first-order chi connectivity index (χ1) is 13.6. The first-order valence-corrected chi connectivity index (χ1v) is 9.91. The van der Waals surface area contributed by atoms with Crippen LogP contribution >= 0.6 is 0 Å². The highest BCUT2D eigenvalue weighted by Crippen LogP contribution is 2.25.